The zero-order valence-electron chi connectivity index (χ0n) is 12.4. The second-order valence-corrected chi connectivity index (χ2v) is 9.08. The molecule has 2 saturated heterocycles. The standard InChI is InChI=1S/C15H19ClFNO3S/c1-21-8-12-4-5-22(19,20)15(12)9-18(10-15)7-11-2-3-13(16)14(17)6-11/h2-3,6,12H,4-5,7-10H2,1H3. The summed E-state index contributed by atoms with van der Waals surface area (Å²) in [5, 5.41) is 0.0994. The SMILES string of the molecule is COCC1CCS(=O)(=O)C12CN(Cc1ccc(Cl)c(F)c1)C2. The molecule has 7 heteroatoms. The normalized spacial score (nSPS) is 26.2. The molecule has 4 nitrogen and oxygen atoms in total. The molecule has 1 atom stereocenters. The summed E-state index contributed by atoms with van der Waals surface area (Å²) in [6, 6.07) is 4.71. The van der Waals surface area contributed by atoms with Crippen LogP contribution in [-0.4, -0.2) is 50.6 Å². The average molecular weight is 348 g/mol. The van der Waals surface area contributed by atoms with Gasteiger partial charge in [0.05, 0.1) is 17.4 Å². The van der Waals surface area contributed by atoms with Crippen LogP contribution in [0.5, 0.6) is 0 Å². The Morgan fingerprint density at radius 2 is 2.18 bits per heavy atom. The van der Waals surface area contributed by atoms with Crippen molar-refractivity contribution in [3.05, 3.63) is 34.6 Å². The van der Waals surface area contributed by atoms with Gasteiger partial charge in [-0.3, -0.25) is 4.90 Å². The topological polar surface area (TPSA) is 46.6 Å². The Morgan fingerprint density at radius 3 is 2.82 bits per heavy atom. The molecule has 1 unspecified atom stereocenters. The lowest BCUT2D eigenvalue weighted by atomic mass is 9.83. The lowest BCUT2D eigenvalue weighted by Crippen LogP contribution is -2.67. The molecule has 0 amide bonds. The molecule has 122 valence electrons. The van der Waals surface area contributed by atoms with Crippen molar-refractivity contribution >= 4 is 21.4 Å². The van der Waals surface area contributed by atoms with E-state index < -0.39 is 20.4 Å². The number of rotatable bonds is 4. The maximum atomic E-state index is 13.5. The van der Waals surface area contributed by atoms with Crippen LogP contribution in [0.3, 0.4) is 0 Å². The minimum atomic E-state index is -3.08. The van der Waals surface area contributed by atoms with Crippen molar-refractivity contribution < 1.29 is 17.5 Å². The van der Waals surface area contributed by atoms with E-state index in [1.165, 1.54) is 12.1 Å². The van der Waals surface area contributed by atoms with Crippen LogP contribution in [0.4, 0.5) is 4.39 Å². The third-order valence-corrected chi connectivity index (χ3v) is 7.75. The fourth-order valence-corrected chi connectivity index (χ4v) is 6.20. The second-order valence-electron chi connectivity index (χ2n) is 6.22. The molecule has 0 aromatic heterocycles. The van der Waals surface area contributed by atoms with Gasteiger partial charge in [-0.1, -0.05) is 17.7 Å². The van der Waals surface area contributed by atoms with Crippen LogP contribution in [-0.2, 0) is 21.1 Å². The van der Waals surface area contributed by atoms with Gasteiger partial charge in [0.1, 0.15) is 10.6 Å². The Balaban J connectivity index is 1.70. The van der Waals surface area contributed by atoms with Crippen molar-refractivity contribution in [3.8, 4) is 0 Å². The molecular weight excluding hydrogens is 329 g/mol. The molecule has 3 rings (SSSR count). The Hall–Kier alpha value is -0.690. The Bertz CT molecular complexity index is 673. The number of benzene rings is 1. The fraction of sp³-hybridized carbons (Fsp3) is 0.600. The molecule has 1 aromatic rings. The summed E-state index contributed by atoms with van der Waals surface area (Å²) >= 11 is 5.67. The van der Waals surface area contributed by atoms with E-state index in [-0.39, 0.29) is 16.7 Å². The van der Waals surface area contributed by atoms with Crippen LogP contribution in [0, 0.1) is 11.7 Å². The Kier molecular flexibility index (Phi) is 4.22. The van der Waals surface area contributed by atoms with Gasteiger partial charge in [0.2, 0.25) is 0 Å². The number of hydrogen-bond acceptors (Lipinski definition) is 4. The van der Waals surface area contributed by atoms with E-state index in [9.17, 15) is 12.8 Å². The Morgan fingerprint density at radius 1 is 1.45 bits per heavy atom. The molecule has 0 bridgehead atoms. The quantitative estimate of drug-likeness (QED) is 0.837. The van der Waals surface area contributed by atoms with E-state index in [1.807, 2.05) is 4.90 Å². The lowest BCUT2D eigenvalue weighted by Gasteiger charge is -2.50. The monoisotopic (exact) mass is 347 g/mol. The number of halogens is 2. The van der Waals surface area contributed by atoms with E-state index in [0.717, 1.165) is 5.56 Å². The first-order valence-corrected chi connectivity index (χ1v) is 9.28. The highest BCUT2D eigenvalue weighted by Crippen LogP contribution is 2.45. The molecule has 22 heavy (non-hydrogen) atoms. The molecule has 1 spiro atoms. The molecular formula is C15H19ClFNO3S. The minimum Gasteiger partial charge on any atom is -0.384 e. The van der Waals surface area contributed by atoms with E-state index in [0.29, 0.717) is 32.7 Å². The predicted molar refractivity (Wildman–Crippen MR) is 83.2 cm³/mol. The van der Waals surface area contributed by atoms with Gasteiger partial charge in [-0.25, -0.2) is 12.8 Å². The third kappa shape index (κ3) is 2.56. The molecule has 2 heterocycles. The predicted octanol–water partition coefficient (Wildman–Crippen LogP) is 2.11. The second kappa shape index (κ2) is 5.74. The molecule has 2 aliphatic rings. The van der Waals surface area contributed by atoms with Gasteiger partial charge in [0.15, 0.2) is 9.84 Å². The van der Waals surface area contributed by atoms with Crippen molar-refractivity contribution in [2.24, 2.45) is 5.92 Å². The highest BCUT2D eigenvalue weighted by atomic mass is 35.5. The molecule has 1 aromatic carbocycles. The van der Waals surface area contributed by atoms with Gasteiger partial charge in [-0.05, 0) is 24.1 Å². The van der Waals surface area contributed by atoms with Crippen molar-refractivity contribution in [3.63, 3.8) is 0 Å². The van der Waals surface area contributed by atoms with Crippen molar-refractivity contribution in [2.75, 3.05) is 32.6 Å². The third-order valence-electron chi connectivity index (χ3n) is 4.84. The van der Waals surface area contributed by atoms with Crippen LogP contribution in [0.1, 0.15) is 12.0 Å². The summed E-state index contributed by atoms with van der Waals surface area (Å²) in [4.78, 5) is 2.04. The first kappa shape index (κ1) is 16.2. The van der Waals surface area contributed by atoms with Crippen LogP contribution in [0.15, 0.2) is 18.2 Å². The zero-order chi connectivity index (χ0) is 16.0. The number of ether oxygens (including phenoxy) is 1. The highest BCUT2D eigenvalue weighted by molar-refractivity contribution is 7.93. The van der Waals surface area contributed by atoms with Gasteiger partial charge in [-0.2, -0.15) is 0 Å². The number of methoxy groups -OCH3 is 1. The summed E-state index contributed by atoms with van der Waals surface area (Å²) in [6.45, 7) is 1.99. The largest absolute Gasteiger partial charge is 0.384 e. The van der Waals surface area contributed by atoms with E-state index >= 15 is 0 Å². The smallest absolute Gasteiger partial charge is 0.158 e. The first-order valence-electron chi connectivity index (χ1n) is 7.25. The van der Waals surface area contributed by atoms with Crippen molar-refractivity contribution in [1.82, 2.24) is 4.90 Å². The average Bonchev–Trinajstić information content (AvgIpc) is 2.67. The molecule has 0 aliphatic carbocycles. The summed E-state index contributed by atoms with van der Waals surface area (Å²) in [5.74, 6) is -0.148. The van der Waals surface area contributed by atoms with E-state index in [1.54, 1.807) is 13.2 Å². The van der Waals surface area contributed by atoms with Crippen LogP contribution < -0.4 is 0 Å². The molecule has 2 aliphatic heterocycles. The number of likely N-dealkylation sites (tertiary alicyclic amines) is 1. The number of hydrogen-bond donors (Lipinski definition) is 0. The Labute approximate surface area is 135 Å². The van der Waals surface area contributed by atoms with Gasteiger partial charge >= 0.3 is 0 Å². The van der Waals surface area contributed by atoms with Crippen LogP contribution in [0.25, 0.3) is 0 Å². The van der Waals surface area contributed by atoms with Crippen LogP contribution in [0.2, 0.25) is 5.02 Å². The lowest BCUT2D eigenvalue weighted by molar-refractivity contribution is 0.0411. The van der Waals surface area contributed by atoms with Gasteiger partial charge in [-0.15, -0.1) is 0 Å². The molecule has 0 N–H and O–H groups in total. The molecule has 0 radical (unpaired) electrons. The number of nitrogens with zero attached hydrogens (tertiary/aromatic N) is 1. The van der Waals surface area contributed by atoms with Gasteiger partial charge < -0.3 is 4.74 Å². The molecule has 2 fully saturated rings. The zero-order valence-corrected chi connectivity index (χ0v) is 14.0. The fourth-order valence-electron chi connectivity index (χ4n) is 3.63. The van der Waals surface area contributed by atoms with Crippen molar-refractivity contribution in [2.45, 2.75) is 17.7 Å². The first-order chi connectivity index (χ1) is 10.4. The summed E-state index contributed by atoms with van der Waals surface area (Å²) < 4.78 is 42.8. The van der Waals surface area contributed by atoms with E-state index in [4.69, 9.17) is 16.3 Å². The molecule has 0 saturated carbocycles. The summed E-state index contributed by atoms with van der Waals surface area (Å²) in [6.07, 6.45) is 0.666. The van der Waals surface area contributed by atoms with Gasteiger partial charge in [0, 0.05) is 32.7 Å². The maximum absolute atomic E-state index is 13.5. The van der Waals surface area contributed by atoms with Crippen molar-refractivity contribution in [1.29, 1.82) is 0 Å². The van der Waals surface area contributed by atoms with Gasteiger partial charge in [0.25, 0.3) is 0 Å². The minimum absolute atomic E-state index is 0.0562. The highest BCUT2D eigenvalue weighted by Gasteiger charge is 2.61. The summed E-state index contributed by atoms with van der Waals surface area (Å²) in [5.41, 5.74) is 0.801. The summed E-state index contributed by atoms with van der Waals surface area (Å²) in [7, 11) is -1.48. The number of sulfone groups is 1. The van der Waals surface area contributed by atoms with Crippen LogP contribution >= 0.6 is 11.6 Å². The maximum Gasteiger partial charge on any atom is 0.158 e. The van der Waals surface area contributed by atoms with E-state index in [2.05, 4.69) is 0 Å².